The summed E-state index contributed by atoms with van der Waals surface area (Å²) in [7, 11) is 11.8. The first kappa shape index (κ1) is 33.8. The van der Waals surface area contributed by atoms with Crippen molar-refractivity contribution in [2.24, 2.45) is 0 Å². The molecule has 0 atom stereocenters. The van der Waals surface area contributed by atoms with Crippen LogP contribution in [0.15, 0.2) is 36.4 Å². The number of hydrogen-bond donors (Lipinski definition) is 0. The zero-order chi connectivity index (χ0) is 31.6. The van der Waals surface area contributed by atoms with Gasteiger partial charge in [0.15, 0.2) is 50.4 Å². The minimum absolute atomic E-state index is 0.597. The van der Waals surface area contributed by atoms with Crippen molar-refractivity contribution in [3.8, 4) is 51.7 Å². The van der Waals surface area contributed by atoms with Crippen molar-refractivity contribution in [2.45, 2.75) is 32.6 Å². The number of methoxy groups -OCH3 is 9. The zero-order valence-electron chi connectivity index (χ0n) is 27.1. The Hall–Kier alpha value is -3.71. The first-order chi connectivity index (χ1) is 20.9. The molecule has 9 nitrogen and oxygen atoms in total. The van der Waals surface area contributed by atoms with E-state index in [0.29, 0.717) is 57.9 Å². The Morgan fingerprint density at radius 3 is 0.884 bits per heavy atom. The Bertz CT molecular complexity index is 1130. The normalized spacial score (nSPS) is 11.0. The number of unbranched alkanes of at least 4 members (excludes halogenated alkanes) is 3. The summed E-state index contributed by atoms with van der Waals surface area (Å²) in [5, 5.41) is 2.54. The second-order valence-corrected chi connectivity index (χ2v) is 13.1. The Morgan fingerprint density at radius 1 is 0.395 bits per heavy atom. The van der Waals surface area contributed by atoms with Crippen LogP contribution in [0.5, 0.6) is 51.7 Å². The zero-order valence-corrected chi connectivity index (χ0v) is 28.0. The molecule has 0 saturated heterocycles. The van der Waals surface area contributed by atoms with E-state index >= 15 is 0 Å². The molecule has 0 aromatic heterocycles. The van der Waals surface area contributed by atoms with Gasteiger partial charge in [-0.05, 0) is 12.8 Å². The van der Waals surface area contributed by atoms with Crippen LogP contribution < -0.4 is 58.5 Å². The summed E-state index contributed by atoms with van der Waals surface area (Å²) >= 11 is 0. The average molecular weight is 618 g/mol. The van der Waals surface area contributed by atoms with Gasteiger partial charge in [-0.3, -0.25) is 0 Å². The van der Waals surface area contributed by atoms with E-state index in [1.807, 2.05) is 36.4 Å². The van der Waals surface area contributed by atoms with E-state index in [9.17, 15) is 0 Å². The third kappa shape index (κ3) is 6.62. The summed E-state index contributed by atoms with van der Waals surface area (Å²) in [5.41, 5.74) is 0. The predicted molar refractivity (Wildman–Crippen MR) is 173 cm³/mol. The van der Waals surface area contributed by atoms with Crippen LogP contribution in [-0.4, -0.2) is 70.2 Å². The molecule has 0 bridgehead atoms. The minimum atomic E-state index is -2.93. The van der Waals surface area contributed by atoms with Crippen LogP contribution in [0.25, 0.3) is 0 Å². The van der Waals surface area contributed by atoms with Gasteiger partial charge < -0.3 is 42.6 Å². The van der Waals surface area contributed by atoms with E-state index in [0.717, 1.165) is 41.6 Å². The van der Waals surface area contributed by atoms with E-state index < -0.39 is 7.26 Å². The van der Waals surface area contributed by atoms with E-state index in [1.165, 1.54) is 0 Å². The predicted octanol–water partition coefficient (Wildman–Crippen LogP) is 5.64. The molecular formula is C33H46O9P+. The Labute approximate surface area is 256 Å². The fourth-order valence-electron chi connectivity index (χ4n) is 5.54. The van der Waals surface area contributed by atoms with Crippen molar-refractivity contribution in [2.75, 3.05) is 70.2 Å². The number of ether oxygens (including phenoxy) is 9. The summed E-state index contributed by atoms with van der Waals surface area (Å²) in [6, 6.07) is 11.3. The molecular weight excluding hydrogens is 571 g/mol. The Kier molecular flexibility index (Phi) is 12.3. The van der Waals surface area contributed by atoms with Gasteiger partial charge >= 0.3 is 0 Å². The highest BCUT2D eigenvalue weighted by Gasteiger charge is 2.57. The lowest BCUT2D eigenvalue weighted by molar-refractivity contribution is 0.378. The van der Waals surface area contributed by atoms with Gasteiger partial charge in [-0.15, -0.1) is 0 Å². The molecule has 0 aliphatic heterocycles. The fraction of sp³-hybridized carbons (Fsp3) is 0.455. The van der Waals surface area contributed by atoms with Crippen molar-refractivity contribution < 1.29 is 42.6 Å². The lowest BCUT2D eigenvalue weighted by atomic mass is 10.2. The maximum absolute atomic E-state index is 6.15. The molecule has 0 amide bonds. The Morgan fingerprint density at radius 2 is 0.674 bits per heavy atom. The highest BCUT2D eigenvalue weighted by Crippen LogP contribution is 2.66. The van der Waals surface area contributed by atoms with Crippen LogP contribution >= 0.6 is 7.26 Å². The van der Waals surface area contributed by atoms with Crippen LogP contribution in [0.4, 0.5) is 0 Å². The maximum atomic E-state index is 6.15. The average Bonchev–Trinajstić information content (AvgIpc) is 3.06. The van der Waals surface area contributed by atoms with Gasteiger partial charge in [-0.1, -0.05) is 19.8 Å². The van der Waals surface area contributed by atoms with E-state index in [2.05, 4.69) is 6.92 Å². The summed E-state index contributed by atoms with van der Waals surface area (Å²) in [6.45, 7) is 2.20. The summed E-state index contributed by atoms with van der Waals surface area (Å²) in [6.07, 6.45) is 4.77. The van der Waals surface area contributed by atoms with E-state index in [-0.39, 0.29) is 0 Å². The van der Waals surface area contributed by atoms with Gasteiger partial charge in [0.1, 0.15) is 24.5 Å². The van der Waals surface area contributed by atoms with Crippen LogP contribution in [0, 0.1) is 0 Å². The van der Waals surface area contributed by atoms with Crippen LogP contribution in [0.1, 0.15) is 32.6 Å². The number of benzene rings is 3. The molecule has 0 heterocycles. The fourth-order valence-corrected chi connectivity index (χ4v) is 10.8. The molecule has 0 N–H and O–H groups in total. The molecule has 0 aliphatic carbocycles. The van der Waals surface area contributed by atoms with Crippen molar-refractivity contribution in [1.82, 2.24) is 0 Å². The highest BCUT2D eigenvalue weighted by atomic mass is 31.2. The van der Waals surface area contributed by atoms with Gasteiger partial charge in [0.25, 0.3) is 0 Å². The smallest absolute Gasteiger partial charge is 0.188 e. The monoisotopic (exact) mass is 617 g/mol. The molecule has 3 rings (SSSR count). The molecule has 43 heavy (non-hydrogen) atoms. The van der Waals surface area contributed by atoms with Gasteiger partial charge in [0.2, 0.25) is 0 Å². The van der Waals surface area contributed by atoms with Gasteiger partial charge in [-0.2, -0.15) is 0 Å². The minimum Gasteiger partial charge on any atom is -0.496 e. The molecule has 0 saturated carbocycles. The molecule has 3 aromatic carbocycles. The maximum Gasteiger partial charge on any atom is 0.188 e. The summed E-state index contributed by atoms with van der Waals surface area (Å²) < 4.78 is 53.8. The third-order valence-corrected chi connectivity index (χ3v) is 12.2. The molecule has 10 heteroatoms. The topological polar surface area (TPSA) is 83.1 Å². The standard InChI is InChI=1S/C33H46O9P/c1-11-12-13-14-15-43(31-25(37-5)16-22(34-2)17-26(31)38-6,32-27(39-7)18-23(35-3)19-28(32)40-8)33-29(41-9)20-24(36-4)21-30(33)42-10/h16-21H,11-15H2,1-10H3/q+1. The lowest BCUT2D eigenvalue weighted by Gasteiger charge is -2.33. The quantitative estimate of drug-likeness (QED) is 0.141. The molecule has 236 valence electrons. The third-order valence-electron chi connectivity index (χ3n) is 7.56. The molecule has 0 unspecified atom stereocenters. The second kappa shape index (κ2) is 15.7. The van der Waals surface area contributed by atoms with Gasteiger partial charge in [-0.25, -0.2) is 0 Å². The largest absolute Gasteiger partial charge is 0.496 e. The van der Waals surface area contributed by atoms with Crippen molar-refractivity contribution in [1.29, 1.82) is 0 Å². The SMILES string of the molecule is CCCCCC[P+](c1c(OC)cc(OC)cc1OC)(c1c(OC)cc(OC)cc1OC)c1c(OC)cc(OC)cc1OC. The molecule has 0 aliphatic rings. The van der Waals surface area contributed by atoms with Gasteiger partial charge in [0, 0.05) is 36.4 Å². The summed E-state index contributed by atoms with van der Waals surface area (Å²) in [4.78, 5) is 0. The van der Waals surface area contributed by atoms with Crippen LogP contribution in [0.3, 0.4) is 0 Å². The molecule has 0 radical (unpaired) electrons. The molecule has 0 spiro atoms. The van der Waals surface area contributed by atoms with Crippen LogP contribution in [-0.2, 0) is 0 Å². The lowest BCUT2D eigenvalue weighted by Crippen LogP contribution is -2.38. The summed E-state index contributed by atoms with van der Waals surface area (Å²) in [5.74, 6) is 5.39. The number of rotatable bonds is 17. The van der Waals surface area contributed by atoms with E-state index in [1.54, 1.807) is 64.0 Å². The van der Waals surface area contributed by atoms with E-state index in [4.69, 9.17) is 42.6 Å². The van der Waals surface area contributed by atoms with Crippen molar-refractivity contribution >= 4 is 23.2 Å². The first-order valence-corrected chi connectivity index (χ1v) is 16.1. The molecule has 0 fully saturated rings. The number of hydrogen-bond acceptors (Lipinski definition) is 9. The highest BCUT2D eigenvalue weighted by molar-refractivity contribution is 7.96. The second-order valence-electron chi connectivity index (χ2n) is 9.74. The Balaban J connectivity index is 2.75. The first-order valence-electron chi connectivity index (χ1n) is 14.2. The van der Waals surface area contributed by atoms with Gasteiger partial charge in [0.05, 0.1) is 70.2 Å². The van der Waals surface area contributed by atoms with Crippen molar-refractivity contribution in [3.05, 3.63) is 36.4 Å². The molecule has 3 aromatic rings. The van der Waals surface area contributed by atoms with Crippen molar-refractivity contribution in [3.63, 3.8) is 0 Å². The van der Waals surface area contributed by atoms with Crippen LogP contribution in [0.2, 0.25) is 0 Å².